The molecule has 6 unspecified atom stereocenters. The molecule has 3 heteroatoms. The smallest absolute Gasteiger partial charge is 0.101 e. The maximum absolute atomic E-state index is 10.3. The highest BCUT2D eigenvalue weighted by Gasteiger charge is 2.89. The van der Waals surface area contributed by atoms with Crippen LogP contribution in [0.25, 0.3) is 0 Å². The summed E-state index contributed by atoms with van der Waals surface area (Å²) in [6.07, 6.45) is 13.5. The molecule has 4 saturated carbocycles. The van der Waals surface area contributed by atoms with Crippen molar-refractivity contribution < 1.29 is 9.84 Å². The molecule has 6 fully saturated rings. The third-order valence-corrected chi connectivity index (χ3v) is 12.8. The number of fused-ring (bicyclic) bond motifs is 6. The molecule has 2 N–H and O–H groups in total. The van der Waals surface area contributed by atoms with Gasteiger partial charge in [0.1, 0.15) is 5.60 Å². The number of allylic oxidation sites excluding steroid dienone is 1. The molecule has 2 aliphatic heterocycles. The van der Waals surface area contributed by atoms with E-state index >= 15 is 0 Å². The molecule has 3 nitrogen and oxygen atoms in total. The quantitative estimate of drug-likeness (QED) is 0.438. The molecule has 0 aromatic rings. The normalized spacial score (nSPS) is 65.1. The van der Waals surface area contributed by atoms with Crippen LogP contribution in [0.15, 0.2) is 11.6 Å². The summed E-state index contributed by atoms with van der Waals surface area (Å²) < 4.78 is 7.27. The number of rotatable bonds is 0. The summed E-state index contributed by atoms with van der Waals surface area (Å²) in [5.41, 5.74) is 2.42. The van der Waals surface area contributed by atoms with Crippen molar-refractivity contribution in [2.24, 2.45) is 45.8 Å². The first-order valence-corrected chi connectivity index (χ1v) is 13.6. The third kappa shape index (κ3) is 1.84. The van der Waals surface area contributed by atoms with E-state index in [9.17, 15) is 5.11 Å². The largest absolute Gasteiger partial charge is 0.389 e. The molecule has 6 aliphatic carbocycles. The molecule has 0 aromatic carbocycles. The van der Waals surface area contributed by atoms with Crippen LogP contribution < -0.4 is 5.32 Å². The van der Waals surface area contributed by atoms with Gasteiger partial charge >= 0.3 is 0 Å². The van der Waals surface area contributed by atoms with Crippen molar-refractivity contribution in [1.82, 2.24) is 5.32 Å². The van der Waals surface area contributed by atoms with E-state index < -0.39 is 0 Å². The summed E-state index contributed by atoms with van der Waals surface area (Å²) >= 11 is 0. The maximum atomic E-state index is 10.3. The average Bonchev–Trinajstić information content (AvgIpc) is 3.01. The van der Waals surface area contributed by atoms with Gasteiger partial charge in [-0.25, -0.2) is 0 Å². The molecule has 8 rings (SSSR count). The predicted molar refractivity (Wildman–Crippen MR) is 124 cm³/mol. The van der Waals surface area contributed by atoms with Gasteiger partial charge in [-0.3, -0.25) is 0 Å². The van der Waals surface area contributed by atoms with Crippen molar-refractivity contribution >= 4 is 0 Å². The van der Waals surface area contributed by atoms with E-state index in [-0.39, 0.29) is 22.7 Å². The second-order valence-electron chi connectivity index (χ2n) is 13.8. The molecule has 172 valence electrons. The van der Waals surface area contributed by atoms with Crippen LogP contribution >= 0.6 is 0 Å². The molecular formula is C29H39NO2. The Hall–Kier alpha value is -0.820. The highest BCUT2D eigenvalue weighted by atomic mass is 16.5. The maximum Gasteiger partial charge on any atom is 0.101 e. The number of piperidine rings is 1. The summed E-state index contributed by atoms with van der Waals surface area (Å²) in [5, 5.41) is 14.3. The van der Waals surface area contributed by atoms with Crippen LogP contribution in [0.2, 0.25) is 0 Å². The molecule has 2 saturated heterocycles. The zero-order valence-corrected chi connectivity index (χ0v) is 20.0. The van der Waals surface area contributed by atoms with Gasteiger partial charge in [0, 0.05) is 0 Å². The van der Waals surface area contributed by atoms with Crippen LogP contribution in [0.4, 0.5) is 0 Å². The second kappa shape index (κ2) is 5.53. The van der Waals surface area contributed by atoms with Gasteiger partial charge in [0.05, 0.1) is 29.1 Å². The Morgan fingerprint density at radius 1 is 1.16 bits per heavy atom. The Bertz CT molecular complexity index is 1010. The van der Waals surface area contributed by atoms with Crippen molar-refractivity contribution in [2.45, 2.75) is 102 Å². The summed E-state index contributed by atoms with van der Waals surface area (Å²) in [7, 11) is 0. The SMILES string of the molecule is C[C@@H]1CNC2(C)[C@H]3C#CC45CC46CC4C(CCC7=C[C@@H](O)CC[C@@]74C)C6CC[C@@]35O[C@@H]2C1. The average molecular weight is 434 g/mol. The van der Waals surface area contributed by atoms with E-state index in [4.69, 9.17) is 4.74 Å². The van der Waals surface area contributed by atoms with Gasteiger partial charge in [-0.2, -0.15) is 0 Å². The van der Waals surface area contributed by atoms with E-state index in [0.29, 0.717) is 28.8 Å². The fourth-order valence-electron chi connectivity index (χ4n) is 11.2. The highest BCUT2D eigenvalue weighted by molar-refractivity contribution is 5.51. The Morgan fingerprint density at radius 2 is 2.03 bits per heavy atom. The van der Waals surface area contributed by atoms with Crippen LogP contribution in [0.3, 0.4) is 0 Å². The fourth-order valence-corrected chi connectivity index (χ4v) is 11.2. The van der Waals surface area contributed by atoms with Crippen LogP contribution in [-0.2, 0) is 4.74 Å². The summed E-state index contributed by atoms with van der Waals surface area (Å²) in [6.45, 7) is 8.45. The van der Waals surface area contributed by atoms with Crippen LogP contribution in [-0.4, -0.2) is 35.0 Å². The highest BCUT2D eigenvalue weighted by Crippen LogP contribution is 2.88. The van der Waals surface area contributed by atoms with Crippen molar-refractivity contribution in [3.63, 3.8) is 0 Å². The Labute approximate surface area is 193 Å². The molecule has 0 amide bonds. The molecule has 32 heavy (non-hydrogen) atoms. The first-order chi connectivity index (χ1) is 15.3. The van der Waals surface area contributed by atoms with E-state index in [1.54, 1.807) is 5.57 Å². The topological polar surface area (TPSA) is 41.5 Å². The molecule has 8 aliphatic rings. The minimum Gasteiger partial charge on any atom is -0.389 e. The van der Waals surface area contributed by atoms with Crippen LogP contribution in [0.1, 0.15) is 78.6 Å². The van der Waals surface area contributed by atoms with Gasteiger partial charge in [-0.05, 0) is 106 Å². The summed E-state index contributed by atoms with van der Waals surface area (Å²) in [6, 6.07) is 0. The fraction of sp³-hybridized carbons (Fsp3) is 0.862. The number of aliphatic hydroxyl groups excluding tert-OH is 1. The number of nitrogens with one attached hydrogen (secondary N) is 1. The standard InChI is InChI=1S/C29H39NO2/c1-17-12-24-26(3,30-15-17)23-8-10-28-16-27(28)14-22-20(21(27)7-11-29(23,28)32-24)5-4-18-13-19(31)6-9-25(18,22)2/h13,17,19-24,30-31H,4-7,9,11-12,14-16H2,1-3H3/t17-,19-,20?,21?,22?,23+,24+,25-,26?,27?,28?,29+/m0/s1. The number of hydrogen-bond acceptors (Lipinski definition) is 3. The predicted octanol–water partition coefficient (Wildman–Crippen LogP) is 4.45. The lowest BCUT2D eigenvalue weighted by molar-refractivity contribution is -0.127. The van der Waals surface area contributed by atoms with Crippen molar-refractivity contribution in [1.29, 1.82) is 0 Å². The molecule has 0 bridgehead atoms. The molecular weight excluding hydrogens is 394 g/mol. The zero-order chi connectivity index (χ0) is 21.7. The first-order valence-electron chi connectivity index (χ1n) is 13.6. The van der Waals surface area contributed by atoms with Crippen molar-refractivity contribution in [3.8, 4) is 11.8 Å². The lowest BCUT2D eigenvalue weighted by Gasteiger charge is -2.49. The lowest BCUT2D eigenvalue weighted by atomic mass is 9.56. The van der Waals surface area contributed by atoms with Crippen LogP contribution in [0, 0.1) is 57.7 Å². The van der Waals surface area contributed by atoms with Crippen LogP contribution in [0.5, 0.6) is 0 Å². The van der Waals surface area contributed by atoms with E-state index in [2.05, 4.69) is 44.0 Å². The van der Waals surface area contributed by atoms with Gasteiger partial charge in [-0.15, -0.1) is 0 Å². The number of ether oxygens (including phenoxy) is 1. The number of aliphatic hydroxyl groups is 1. The van der Waals surface area contributed by atoms with Gasteiger partial charge in [0.25, 0.3) is 0 Å². The zero-order valence-electron chi connectivity index (χ0n) is 20.0. The molecule has 12 atom stereocenters. The van der Waals surface area contributed by atoms with Crippen molar-refractivity contribution in [3.05, 3.63) is 11.6 Å². The number of hydrogen-bond donors (Lipinski definition) is 2. The molecule has 0 aromatic heterocycles. The molecule has 3 spiro atoms. The van der Waals surface area contributed by atoms with Gasteiger partial charge in [0.15, 0.2) is 0 Å². The second-order valence-corrected chi connectivity index (χ2v) is 13.8. The van der Waals surface area contributed by atoms with E-state index in [1.165, 1.54) is 51.4 Å². The Kier molecular flexibility index (Phi) is 3.37. The van der Waals surface area contributed by atoms with Gasteiger partial charge in [0.2, 0.25) is 0 Å². The van der Waals surface area contributed by atoms with Gasteiger partial charge < -0.3 is 15.2 Å². The van der Waals surface area contributed by atoms with E-state index in [0.717, 1.165) is 30.7 Å². The lowest BCUT2D eigenvalue weighted by Crippen LogP contribution is -2.60. The third-order valence-electron chi connectivity index (χ3n) is 12.8. The van der Waals surface area contributed by atoms with E-state index in [1.807, 2.05) is 0 Å². The first kappa shape index (κ1) is 19.5. The monoisotopic (exact) mass is 433 g/mol. The summed E-state index contributed by atoms with van der Waals surface area (Å²) in [4.78, 5) is 0. The Balaban J connectivity index is 1.19. The molecule has 2 heterocycles. The van der Waals surface area contributed by atoms with Gasteiger partial charge in [-0.1, -0.05) is 37.3 Å². The summed E-state index contributed by atoms with van der Waals surface area (Å²) in [5.74, 6) is 11.4. The Morgan fingerprint density at radius 3 is 2.91 bits per heavy atom. The minimum atomic E-state index is -0.209. The molecule has 0 radical (unpaired) electrons. The van der Waals surface area contributed by atoms with Crippen molar-refractivity contribution in [2.75, 3.05) is 6.54 Å². The minimum absolute atomic E-state index is 0.0341.